The molecule has 1 aliphatic rings. The highest BCUT2D eigenvalue weighted by atomic mass is 127. The summed E-state index contributed by atoms with van der Waals surface area (Å²) in [6.07, 6.45) is 2.20. The fourth-order valence-electron chi connectivity index (χ4n) is 3.54. The Bertz CT molecular complexity index is 802. The summed E-state index contributed by atoms with van der Waals surface area (Å²) >= 11 is 0. The number of aliphatic imine (C=N–C) groups is 1. The van der Waals surface area contributed by atoms with Gasteiger partial charge in [-0.1, -0.05) is 42.5 Å². The molecule has 30 heavy (non-hydrogen) atoms. The minimum atomic E-state index is -0.409. The molecule has 1 amide bonds. The van der Waals surface area contributed by atoms with Crippen molar-refractivity contribution in [1.82, 2.24) is 15.5 Å². The Kier molecular flexibility index (Phi) is 10.1. The molecule has 0 radical (unpaired) electrons. The molecule has 162 valence electrons. The van der Waals surface area contributed by atoms with Gasteiger partial charge >= 0.3 is 0 Å². The first-order valence-electron chi connectivity index (χ1n) is 10.3. The number of nitrogens with two attached hydrogens (primary N) is 1. The Morgan fingerprint density at radius 3 is 2.33 bits per heavy atom. The lowest BCUT2D eigenvalue weighted by Crippen LogP contribution is -2.48. The van der Waals surface area contributed by atoms with Crippen LogP contribution in [0.15, 0.2) is 59.6 Å². The van der Waals surface area contributed by atoms with Crippen molar-refractivity contribution >= 4 is 35.8 Å². The van der Waals surface area contributed by atoms with Gasteiger partial charge in [0.25, 0.3) is 0 Å². The number of piperidine rings is 1. The van der Waals surface area contributed by atoms with Gasteiger partial charge in [-0.3, -0.25) is 9.69 Å². The monoisotopic (exact) mass is 521 g/mol. The molecule has 7 heteroatoms. The van der Waals surface area contributed by atoms with Gasteiger partial charge in [0.1, 0.15) is 0 Å². The highest BCUT2D eigenvalue weighted by molar-refractivity contribution is 14.0. The summed E-state index contributed by atoms with van der Waals surface area (Å²) in [5.74, 6) is 0.432. The van der Waals surface area contributed by atoms with Gasteiger partial charge in [-0.15, -0.1) is 24.0 Å². The summed E-state index contributed by atoms with van der Waals surface area (Å²) in [5, 5.41) is 6.91. The van der Waals surface area contributed by atoms with Gasteiger partial charge in [0, 0.05) is 37.8 Å². The van der Waals surface area contributed by atoms with Crippen LogP contribution in [0.4, 0.5) is 0 Å². The standard InChI is InChI=1S/C23H31N5O.HI/c1-2-25-23(26-16-18-8-10-20(11-9-18)22(24)29)27-21-12-14-28(15-13-21)17-19-6-4-3-5-7-19;/h3-11,21H,2,12-17H2,1H3,(H2,24,29)(H2,25,26,27);1H. The average molecular weight is 521 g/mol. The van der Waals surface area contributed by atoms with Crippen molar-refractivity contribution in [3.63, 3.8) is 0 Å². The van der Waals surface area contributed by atoms with Crippen molar-refractivity contribution in [2.24, 2.45) is 10.7 Å². The van der Waals surface area contributed by atoms with Gasteiger partial charge < -0.3 is 16.4 Å². The molecule has 0 spiro atoms. The number of carbonyl (C=O) groups is 1. The second-order valence-electron chi connectivity index (χ2n) is 7.44. The maximum atomic E-state index is 11.2. The van der Waals surface area contributed by atoms with Crippen LogP contribution in [0, 0.1) is 0 Å². The molecular weight excluding hydrogens is 489 g/mol. The van der Waals surface area contributed by atoms with E-state index in [0.717, 1.165) is 50.5 Å². The number of halogens is 1. The first-order chi connectivity index (χ1) is 14.1. The third-order valence-corrected chi connectivity index (χ3v) is 5.18. The lowest BCUT2D eigenvalue weighted by Gasteiger charge is -2.33. The highest BCUT2D eigenvalue weighted by Crippen LogP contribution is 2.14. The molecule has 1 heterocycles. The molecule has 0 bridgehead atoms. The van der Waals surface area contributed by atoms with Crippen molar-refractivity contribution < 1.29 is 4.79 Å². The fourth-order valence-corrected chi connectivity index (χ4v) is 3.54. The van der Waals surface area contributed by atoms with E-state index in [0.29, 0.717) is 18.2 Å². The topological polar surface area (TPSA) is 82.7 Å². The Morgan fingerprint density at radius 2 is 1.73 bits per heavy atom. The van der Waals surface area contributed by atoms with Gasteiger partial charge in [-0.05, 0) is 43.0 Å². The number of nitrogens with zero attached hydrogens (tertiary/aromatic N) is 2. The highest BCUT2D eigenvalue weighted by Gasteiger charge is 2.20. The van der Waals surface area contributed by atoms with Crippen LogP contribution in [0.25, 0.3) is 0 Å². The molecule has 2 aromatic carbocycles. The normalized spacial score (nSPS) is 15.3. The van der Waals surface area contributed by atoms with Crippen molar-refractivity contribution in [1.29, 1.82) is 0 Å². The Hall–Kier alpha value is -2.13. The van der Waals surface area contributed by atoms with E-state index in [1.165, 1.54) is 5.56 Å². The summed E-state index contributed by atoms with van der Waals surface area (Å²) in [4.78, 5) is 18.4. The predicted octanol–water partition coefficient (Wildman–Crippen LogP) is 3.12. The SMILES string of the molecule is CCNC(=NCc1ccc(C(N)=O)cc1)NC1CCN(Cc2ccccc2)CC1.I. The molecule has 1 saturated heterocycles. The molecule has 0 aromatic heterocycles. The zero-order chi connectivity index (χ0) is 20.5. The van der Waals surface area contributed by atoms with Crippen molar-refractivity contribution in [2.45, 2.75) is 38.9 Å². The lowest BCUT2D eigenvalue weighted by atomic mass is 10.0. The largest absolute Gasteiger partial charge is 0.366 e. The third kappa shape index (κ3) is 7.60. The van der Waals surface area contributed by atoms with E-state index >= 15 is 0 Å². The molecule has 6 nitrogen and oxygen atoms in total. The third-order valence-electron chi connectivity index (χ3n) is 5.18. The molecule has 2 aromatic rings. The average Bonchev–Trinajstić information content (AvgIpc) is 2.74. The Balaban J connectivity index is 0.00000320. The van der Waals surface area contributed by atoms with Crippen molar-refractivity contribution in [3.8, 4) is 0 Å². The van der Waals surface area contributed by atoms with Crippen molar-refractivity contribution in [3.05, 3.63) is 71.3 Å². The van der Waals surface area contributed by atoms with Crippen LogP contribution in [0.2, 0.25) is 0 Å². The smallest absolute Gasteiger partial charge is 0.248 e. The van der Waals surface area contributed by atoms with E-state index in [1.807, 2.05) is 12.1 Å². The summed E-state index contributed by atoms with van der Waals surface area (Å²) in [6.45, 7) is 6.63. The Labute approximate surface area is 196 Å². The first-order valence-corrected chi connectivity index (χ1v) is 10.3. The first kappa shape index (κ1) is 24.1. The molecular formula is C23H32IN5O. The number of rotatable bonds is 7. The summed E-state index contributed by atoms with van der Waals surface area (Å²) < 4.78 is 0. The van der Waals surface area contributed by atoms with Gasteiger partial charge in [0.05, 0.1) is 6.54 Å². The number of nitrogens with one attached hydrogen (secondary N) is 2. The molecule has 3 rings (SSSR count). The van der Waals surface area contributed by atoms with Gasteiger partial charge in [-0.2, -0.15) is 0 Å². The second-order valence-corrected chi connectivity index (χ2v) is 7.44. The zero-order valence-corrected chi connectivity index (χ0v) is 19.8. The lowest BCUT2D eigenvalue weighted by molar-refractivity contribution is 0.100. The zero-order valence-electron chi connectivity index (χ0n) is 17.5. The van der Waals surface area contributed by atoms with Gasteiger partial charge in [0.15, 0.2) is 5.96 Å². The van der Waals surface area contributed by atoms with Crippen LogP contribution >= 0.6 is 24.0 Å². The van der Waals surface area contributed by atoms with E-state index in [9.17, 15) is 4.79 Å². The molecule has 1 aliphatic heterocycles. The van der Waals surface area contributed by atoms with Crippen LogP contribution in [0.1, 0.15) is 41.3 Å². The quantitative estimate of drug-likeness (QED) is 0.297. The number of amides is 1. The Morgan fingerprint density at radius 1 is 1.07 bits per heavy atom. The van der Waals surface area contributed by atoms with Crippen molar-refractivity contribution in [2.75, 3.05) is 19.6 Å². The molecule has 4 N–H and O–H groups in total. The summed E-state index contributed by atoms with van der Waals surface area (Å²) in [7, 11) is 0. The summed E-state index contributed by atoms with van der Waals surface area (Å²) in [5.41, 5.74) is 8.23. The number of carbonyl (C=O) groups excluding carboxylic acids is 1. The van der Waals surface area contributed by atoms with Gasteiger partial charge in [0.2, 0.25) is 5.91 Å². The molecule has 0 atom stereocenters. The van der Waals surface area contributed by atoms with Crippen LogP contribution < -0.4 is 16.4 Å². The maximum absolute atomic E-state index is 11.2. The van der Waals surface area contributed by atoms with E-state index in [-0.39, 0.29) is 24.0 Å². The molecule has 0 aliphatic carbocycles. The second kappa shape index (κ2) is 12.5. The van der Waals surface area contributed by atoms with Gasteiger partial charge in [-0.25, -0.2) is 4.99 Å². The van der Waals surface area contributed by atoms with Crippen LogP contribution in [-0.2, 0) is 13.1 Å². The van der Waals surface area contributed by atoms with Crippen LogP contribution in [0.5, 0.6) is 0 Å². The van der Waals surface area contributed by atoms with Crippen LogP contribution in [0.3, 0.4) is 0 Å². The molecule has 1 fully saturated rings. The van der Waals surface area contributed by atoms with E-state index in [4.69, 9.17) is 10.7 Å². The predicted molar refractivity (Wildman–Crippen MR) is 133 cm³/mol. The van der Waals surface area contributed by atoms with E-state index < -0.39 is 5.91 Å². The molecule has 0 saturated carbocycles. The fraction of sp³-hybridized carbons (Fsp3) is 0.391. The number of hydrogen-bond acceptors (Lipinski definition) is 3. The summed E-state index contributed by atoms with van der Waals surface area (Å²) in [6, 6.07) is 18.4. The number of hydrogen-bond donors (Lipinski definition) is 3. The minimum absolute atomic E-state index is 0. The minimum Gasteiger partial charge on any atom is -0.366 e. The molecule has 0 unspecified atom stereocenters. The maximum Gasteiger partial charge on any atom is 0.248 e. The number of guanidine groups is 1. The van der Waals surface area contributed by atoms with E-state index in [1.54, 1.807) is 12.1 Å². The number of benzene rings is 2. The van der Waals surface area contributed by atoms with E-state index in [2.05, 4.69) is 52.8 Å². The number of likely N-dealkylation sites (tertiary alicyclic amines) is 1. The van der Waals surface area contributed by atoms with Crippen LogP contribution in [-0.4, -0.2) is 42.4 Å². The number of primary amides is 1.